The maximum atomic E-state index is 11.9. The molecule has 1 saturated heterocycles. The Bertz CT molecular complexity index is 434. The highest BCUT2D eigenvalue weighted by molar-refractivity contribution is 6.33. The lowest BCUT2D eigenvalue weighted by Crippen LogP contribution is -2.40. The van der Waals surface area contributed by atoms with E-state index in [9.17, 15) is 4.79 Å². The van der Waals surface area contributed by atoms with Crippen molar-refractivity contribution in [2.45, 2.75) is 25.3 Å². The molecule has 1 aromatic carbocycles. The highest BCUT2D eigenvalue weighted by Crippen LogP contribution is 2.20. The van der Waals surface area contributed by atoms with Crippen molar-refractivity contribution < 1.29 is 4.79 Å². The van der Waals surface area contributed by atoms with Crippen molar-refractivity contribution in [1.29, 1.82) is 0 Å². The van der Waals surface area contributed by atoms with Crippen molar-refractivity contribution >= 4 is 35.6 Å². The highest BCUT2D eigenvalue weighted by atomic mass is 35.5. The molecule has 0 aromatic heterocycles. The van der Waals surface area contributed by atoms with Crippen LogP contribution in [0.5, 0.6) is 0 Å². The number of piperidine rings is 1. The standard InChI is InChI=1S/C14H20ClN3O.ClH/c15-12-3-1-2-4-13(12)17-14(19)7-10-18-8-5-11(16)6-9-18;/h1-4,11H,5-10,16H2,(H,17,19);1H. The Morgan fingerprint density at radius 2 is 2.00 bits per heavy atom. The third-order valence-corrected chi connectivity index (χ3v) is 3.76. The number of amides is 1. The van der Waals surface area contributed by atoms with Gasteiger partial charge < -0.3 is 16.0 Å². The summed E-state index contributed by atoms with van der Waals surface area (Å²) in [5.74, 6) is 0.00275. The van der Waals surface area contributed by atoms with E-state index < -0.39 is 0 Å². The Hall–Kier alpha value is -0.810. The van der Waals surface area contributed by atoms with Gasteiger partial charge in [0.1, 0.15) is 0 Å². The normalized spacial score (nSPS) is 16.5. The minimum Gasteiger partial charge on any atom is -0.328 e. The average molecular weight is 318 g/mol. The fraction of sp³-hybridized carbons (Fsp3) is 0.500. The molecule has 1 aliphatic rings. The first kappa shape index (κ1) is 17.2. The number of hydrogen-bond donors (Lipinski definition) is 2. The fourth-order valence-corrected chi connectivity index (χ4v) is 2.39. The molecule has 6 heteroatoms. The lowest BCUT2D eigenvalue weighted by molar-refractivity contribution is -0.116. The molecule has 20 heavy (non-hydrogen) atoms. The molecule has 0 unspecified atom stereocenters. The Morgan fingerprint density at radius 1 is 1.35 bits per heavy atom. The van der Waals surface area contributed by atoms with Gasteiger partial charge in [-0.1, -0.05) is 23.7 Å². The number of carbonyl (C=O) groups is 1. The van der Waals surface area contributed by atoms with E-state index in [0.29, 0.717) is 23.2 Å². The molecule has 0 aliphatic carbocycles. The van der Waals surface area contributed by atoms with Crippen LogP contribution in [-0.4, -0.2) is 36.5 Å². The second kappa shape index (κ2) is 8.47. The number of nitrogens with zero attached hydrogens (tertiary/aromatic N) is 1. The molecule has 0 radical (unpaired) electrons. The van der Waals surface area contributed by atoms with Crippen molar-refractivity contribution in [1.82, 2.24) is 4.90 Å². The molecule has 1 fully saturated rings. The predicted molar refractivity (Wildman–Crippen MR) is 85.6 cm³/mol. The zero-order valence-corrected chi connectivity index (χ0v) is 12.9. The molecule has 0 bridgehead atoms. The lowest BCUT2D eigenvalue weighted by Gasteiger charge is -2.29. The largest absolute Gasteiger partial charge is 0.328 e. The molecule has 112 valence electrons. The third kappa shape index (κ3) is 5.29. The molecule has 3 N–H and O–H groups in total. The van der Waals surface area contributed by atoms with Crippen LogP contribution in [0, 0.1) is 0 Å². The number of anilines is 1. The van der Waals surface area contributed by atoms with Gasteiger partial charge in [-0.05, 0) is 38.1 Å². The monoisotopic (exact) mass is 317 g/mol. The summed E-state index contributed by atoms with van der Waals surface area (Å²) in [6.07, 6.45) is 2.53. The third-order valence-electron chi connectivity index (χ3n) is 3.44. The molecule has 1 amide bonds. The van der Waals surface area contributed by atoms with Gasteiger partial charge in [-0.25, -0.2) is 0 Å². The zero-order chi connectivity index (χ0) is 13.7. The SMILES string of the molecule is Cl.NC1CCN(CCC(=O)Nc2ccccc2Cl)CC1. The summed E-state index contributed by atoms with van der Waals surface area (Å²) in [5.41, 5.74) is 6.53. The Morgan fingerprint density at radius 3 is 2.65 bits per heavy atom. The number of halogens is 2. The van der Waals surface area contributed by atoms with Gasteiger partial charge in [0.25, 0.3) is 0 Å². The number of benzene rings is 1. The molecular weight excluding hydrogens is 297 g/mol. The summed E-state index contributed by atoms with van der Waals surface area (Å²) in [6, 6.07) is 7.60. The van der Waals surface area contributed by atoms with E-state index in [-0.39, 0.29) is 18.3 Å². The van der Waals surface area contributed by atoms with Crippen LogP contribution >= 0.6 is 24.0 Å². The van der Waals surface area contributed by atoms with Gasteiger partial charge in [-0.2, -0.15) is 0 Å². The van der Waals surface area contributed by atoms with Gasteiger partial charge in [0.2, 0.25) is 5.91 Å². The summed E-state index contributed by atoms with van der Waals surface area (Å²) < 4.78 is 0. The average Bonchev–Trinajstić information content (AvgIpc) is 2.41. The van der Waals surface area contributed by atoms with Crippen molar-refractivity contribution in [2.75, 3.05) is 25.0 Å². The number of nitrogens with one attached hydrogen (secondary N) is 1. The van der Waals surface area contributed by atoms with Gasteiger partial charge in [-0.3, -0.25) is 4.79 Å². The van der Waals surface area contributed by atoms with Crippen LogP contribution in [0.1, 0.15) is 19.3 Å². The topological polar surface area (TPSA) is 58.4 Å². The van der Waals surface area contributed by atoms with Crippen LogP contribution in [0.25, 0.3) is 0 Å². The summed E-state index contributed by atoms with van der Waals surface area (Å²) in [7, 11) is 0. The Kier molecular flexibility index (Phi) is 7.30. The van der Waals surface area contributed by atoms with E-state index in [1.54, 1.807) is 12.1 Å². The number of para-hydroxylation sites is 1. The first-order chi connectivity index (χ1) is 9.15. The summed E-state index contributed by atoms with van der Waals surface area (Å²) >= 11 is 5.99. The minimum absolute atomic E-state index is 0. The van der Waals surface area contributed by atoms with Crippen LogP contribution in [0.2, 0.25) is 5.02 Å². The first-order valence-electron chi connectivity index (χ1n) is 6.67. The van der Waals surface area contributed by atoms with Crippen LogP contribution in [0.15, 0.2) is 24.3 Å². The number of likely N-dealkylation sites (tertiary alicyclic amines) is 1. The smallest absolute Gasteiger partial charge is 0.225 e. The van der Waals surface area contributed by atoms with E-state index in [0.717, 1.165) is 32.5 Å². The minimum atomic E-state index is 0. The van der Waals surface area contributed by atoms with Crippen molar-refractivity contribution in [3.8, 4) is 0 Å². The molecule has 1 aliphatic heterocycles. The lowest BCUT2D eigenvalue weighted by atomic mass is 10.1. The number of carbonyl (C=O) groups excluding carboxylic acids is 1. The second-order valence-electron chi connectivity index (χ2n) is 4.96. The molecule has 1 heterocycles. The second-order valence-corrected chi connectivity index (χ2v) is 5.36. The summed E-state index contributed by atoms with van der Waals surface area (Å²) in [5, 5.41) is 3.41. The summed E-state index contributed by atoms with van der Waals surface area (Å²) in [6.45, 7) is 2.75. The molecule has 1 aromatic rings. The van der Waals surface area contributed by atoms with Crippen LogP contribution in [0.4, 0.5) is 5.69 Å². The van der Waals surface area contributed by atoms with Crippen LogP contribution < -0.4 is 11.1 Å². The van der Waals surface area contributed by atoms with E-state index in [1.165, 1.54) is 0 Å². The number of hydrogen-bond acceptors (Lipinski definition) is 3. The molecule has 0 spiro atoms. The number of nitrogens with two attached hydrogens (primary N) is 1. The fourth-order valence-electron chi connectivity index (χ4n) is 2.21. The molecule has 2 rings (SSSR count). The molecule has 0 atom stereocenters. The quantitative estimate of drug-likeness (QED) is 0.897. The molecule has 4 nitrogen and oxygen atoms in total. The van der Waals surface area contributed by atoms with E-state index in [2.05, 4.69) is 10.2 Å². The van der Waals surface area contributed by atoms with E-state index in [1.807, 2.05) is 12.1 Å². The molecular formula is C14H21Cl2N3O. The van der Waals surface area contributed by atoms with Gasteiger partial charge in [0, 0.05) is 19.0 Å². The van der Waals surface area contributed by atoms with E-state index >= 15 is 0 Å². The highest BCUT2D eigenvalue weighted by Gasteiger charge is 2.16. The van der Waals surface area contributed by atoms with Gasteiger partial charge >= 0.3 is 0 Å². The maximum Gasteiger partial charge on any atom is 0.225 e. The first-order valence-corrected chi connectivity index (χ1v) is 7.05. The van der Waals surface area contributed by atoms with Crippen LogP contribution in [-0.2, 0) is 4.79 Å². The molecule has 0 saturated carbocycles. The van der Waals surface area contributed by atoms with Crippen molar-refractivity contribution in [3.05, 3.63) is 29.3 Å². The van der Waals surface area contributed by atoms with Gasteiger partial charge in [0.05, 0.1) is 10.7 Å². The zero-order valence-electron chi connectivity index (χ0n) is 11.3. The van der Waals surface area contributed by atoms with Crippen LogP contribution in [0.3, 0.4) is 0 Å². The van der Waals surface area contributed by atoms with Gasteiger partial charge in [-0.15, -0.1) is 12.4 Å². The van der Waals surface area contributed by atoms with Crippen molar-refractivity contribution in [3.63, 3.8) is 0 Å². The predicted octanol–water partition coefficient (Wildman–Crippen LogP) is 2.51. The maximum absolute atomic E-state index is 11.9. The number of rotatable bonds is 4. The van der Waals surface area contributed by atoms with Crippen molar-refractivity contribution in [2.24, 2.45) is 5.73 Å². The van der Waals surface area contributed by atoms with E-state index in [4.69, 9.17) is 17.3 Å². The summed E-state index contributed by atoms with van der Waals surface area (Å²) in [4.78, 5) is 14.1. The van der Waals surface area contributed by atoms with Gasteiger partial charge in [0.15, 0.2) is 0 Å². The Labute approximate surface area is 131 Å². The Balaban J connectivity index is 0.00000200.